The van der Waals surface area contributed by atoms with Gasteiger partial charge in [0.25, 0.3) is 21.5 Å². The summed E-state index contributed by atoms with van der Waals surface area (Å²) in [4.78, 5) is 38.3. The summed E-state index contributed by atoms with van der Waals surface area (Å²) in [5, 5.41) is 0. The van der Waals surface area contributed by atoms with Gasteiger partial charge in [-0.3, -0.25) is 9.59 Å². The number of sulfonamides is 1. The molecule has 2 N–H and O–H groups in total. The van der Waals surface area contributed by atoms with E-state index in [2.05, 4.69) is 30.7 Å². The van der Waals surface area contributed by atoms with Crippen LogP contribution in [-0.4, -0.2) is 55.6 Å². The predicted molar refractivity (Wildman–Crippen MR) is 137 cm³/mol. The Kier molecular flexibility index (Phi) is 6.96. The van der Waals surface area contributed by atoms with Crippen molar-refractivity contribution in [1.29, 1.82) is 0 Å². The first-order valence-corrected chi connectivity index (χ1v) is 13.1. The van der Waals surface area contributed by atoms with Crippen molar-refractivity contribution in [2.24, 2.45) is 5.92 Å². The van der Waals surface area contributed by atoms with Crippen molar-refractivity contribution in [3.8, 4) is 23.0 Å². The molecule has 1 saturated heterocycles. The number of nitrogens with zero attached hydrogens (tertiary/aromatic N) is 3. The Morgan fingerprint density at radius 3 is 2.51 bits per heavy atom. The molecule has 3 aromatic rings. The first-order chi connectivity index (χ1) is 17.5. The summed E-state index contributed by atoms with van der Waals surface area (Å²) in [5.74, 6) is 0.367. The lowest BCUT2D eigenvalue weighted by Crippen LogP contribution is -2.44. The molecule has 196 valence electrons. The average molecular weight is 528 g/mol. The highest BCUT2D eigenvalue weighted by molar-refractivity contribution is 7.90. The van der Waals surface area contributed by atoms with E-state index in [-0.39, 0.29) is 22.9 Å². The van der Waals surface area contributed by atoms with E-state index in [0.717, 1.165) is 12.5 Å². The molecule has 0 spiro atoms. The summed E-state index contributed by atoms with van der Waals surface area (Å²) >= 11 is 0. The van der Waals surface area contributed by atoms with Gasteiger partial charge in [-0.25, -0.2) is 18.1 Å². The van der Waals surface area contributed by atoms with Crippen molar-refractivity contribution in [3.05, 3.63) is 58.5 Å². The molecule has 11 nitrogen and oxygen atoms in total. The molecule has 1 amide bonds. The highest BCUT2D eigenvalue weighted by Gasteiger charge is 2.41. The maximum Gasteiger partial charge on any atom is 0.269 e. The van der Waals surface area contributed by atoms with Crippen molar-refractivity contribution >= 4 is 21.7 Å². The minimum absolute atomic E-state index is 0.0577. The quantitative estimate of drug-likeness (QED) is 0.474. The number of methoxy groups -OCH3 is 2. The maximum atomic E-state index is 13.3. The Morgan fingerprint density at radius 1 is 1.14 bits per heavy atom. The Labute approximate surface area is 214 Å². The molecule has 1 atom stereocenters. The third kappa shape index (κ3) is 4.88. The third-order valence-corrected chi connectivity index (χ3v) is 8.23. The van der Waals surface area contributed by atoms with Gasteiger partial charge in [-0.2, -0.15) is 4.98 Å². The minimum Gasteiger partial charge on any atom is -0.481 e. The fourth-order valence-electron chi connectivity index (χ4n) is 4.33. The number of carbonyl (C=O) groups is 1. The molecule has 12 heteroatoms. The lowest BCUT2D eigenvalue weighted by atomic mass is 9.90. The van der Waals surface area contributed by atoms with Crippen molar-refractivity contribution < 1.29 is 22.7 Å². The van der Waals surface area contributed by atoms with Crippen LogP contribution in [0.3, 0.4) is 0 Å². The van der Waals surface area contributed by atoms with Gasteiger partial charge in [0.2, 0.25) is 11.8 Å². The molecule has 0 aromatic carbocycles. The van der Waals surface area contributed by atoms with E-state index in [4.69, 9.17) is 14.5 Å². The summed E-state index contributed by atoms with van der Waals surface area (Å²) in [6.45, 7) is 6.84. The molecular weight excluding hydrogens is 498 g/mol. The number of pyridine rings is 3. The van der Waals surface area contributed by atoms with Crippen molar-refractivity contribution in [2.75, 3.05) is 25.7 Å². The minimum atomic E-state index is -4.43. The van der Waals surface area contributed by atoms with E-state index in [1.165, 1.54) is 32.5 Å². The van der Waals surface area contributed by atoms with E-state index in [1.54, 1.807) is 18.2 Å². The Hall–Kier alpha value is -3.93. The van der Waals surface area contributed by atoms with Crippen LogP contribution in [0.1, 0.15) is 37.6 Å². The van der Waals surface area contributed by atoms with E-state index < -0.39 is 26.4 Å². The Bertz CT molecular complexity index is 1500. The van der Waals surface area contributed by atoms with Crippen LogP contribution in [0.4, 0.5) is 5.82 Å². The standard InChI is InChI=1S/C25H29N5O6S/c1-15-12-14-30(25(15,2)3)21-17(22(31)29-37(33,34)19-7-6-13-26-23(19)32)8-10-18(27-21)16-9-11-20(35-4)28-24(16)36-5/h6-11,13,15H,12,14H2,1-5H3,(H,26,32)(H,29,31). The number of anilines is 1. The van der Waals surface area contributed by atoms with Gasteiger partial charge in [0.15, 0.2) is 4.90 Å². The maximum absolute atomic E-state index is 13.3. The first-order valence-electron chi connectivity index (χ1n) is 11.6. The van der Waals surface area contributed by atoms with Gasteiger partial charge >= 0.3 is 0 Å². The van der Waals surface area contributed by atoms with E-state index >= 15 is 0 Å². The van der Waals surface area contributed by atoms with Gasteiger partial charge in [-0.05, 0) is 56.5 Å². The largest absolute Gasteiger partial charge is 0.481 e. The number of rotatable bonds is 7. The lowest BCUT2D eigenvalue weighted by molar-refractivity contribution is 0.0981. The third-order valence-electron chi connectivity index (χ3n) is 6.87. The van der Waals surface area contributed by atoms with E-state index in [9.17, 15) is 18.0 Å². The average Bonchev–Trinajstić information content (AvgIpc) is 3.14. The zero-order chi connectivity index (χ0) is 27.0. The normalized spacial score (nSPS) is 16.9. The number of hydrogen-bond acceptors (Lipinski definition) is 9. The van der Waals surface area contributed by atoms with Crippen LogP contribution in [0.2, 0.25) is 0 Å². The van der Waals surface area contributed by atoms with E-state index in [1.807, 2.05) is 9.62 Å². The summed E-state index contributed by atoms with van der Waals surface area (Å²) < 4.78 is 38.4. The van der Waals surface area contributed by atoms with Crippen LogP contribution >= 0.6 is 0 Å². The number of aromatic nitrogens is 3. The number of nitrogens with one attached hydrogen (secondary N) is 2. The van der Waals surface area contributed by atoms with Crippen LogP contribution in [-0.2, 0) is 10.0 Å². The number of ether oxygens (including phenoxy) is 2. The molecule has 37 heavy (non-hydrogen) atoms. The molecule has 1 aliphatic heterocycles. The van der Waals surface area contributed by atoms with Gasteiger partial charge in [0.05, 0.1) is 31.0 Å². The monoisotopic (exact) mass is 527 g/mol. The molecule has 0 radical (unpaired) electrons. The summed E-state index contributed by atoms with van der Waals surface area (Å²) in [5.41, 5.74) is -0.0769. The van der Waals surface area contributed by atoms with Crippen molar-refractivity contribution in [2.45, 2.75) is 37.6 Å². The number of aromatic amines is 1. The Morgan fingerprint density at radius 2 is 1.89 bits per heavy atom. The fourth-order valence-corrected chi connectivity index (χ4v) is 5.35. The van der Waals surface area contributed by atoms with Crippen LogP contribution in [0.25, 0.3) is 11.3 Å². The number of carbonyl (C=O) groups excluding carboxylic acids is 1. The molecule has 4 heterocycles. The van der Waals surface area contributed by atoms with Gasteiger partial charge in [0.1, 0.15) is 5.82 Å². The van der Waals surface area contributed by atoms with Crippen molar-refractivity contribution in [1.82, 2.24) is 19.7 Å². The van der Waals surface area contributed by atoms with Crippen LogP contribution < -0.4 is 24.7 Å². The SMILES string of the molecule is COc1ccc(-c2ccc(C(=O)NS(=O)(=O)c3ccc[nH]c3=O)c(N3CCC(C)C3(C)C)n2)c(OC)n1. The zero-order valence-corrected chi connectivity index (χ0v) is 22.0. The molecule has 0 aliphatic carbocycles. The molecule has 0 saturated carbocycles. The number of hydrogen-bond donors (Lipinski definition) is 2. The molecule has 1 aliphatic rings. The summed E-state index contributed by atoms with van der Waals surface area (Å²) in [6.07, 6.45) is 2.17. The topological polar surface area (TPSA) is 144 Å². The second kappa shape index (κ2) is 9.85. The van der Waals surface area contributed by atoms with Gasteiger partial charge in [-0.1, -0.05) is 6.92 Å². The second-order valence-electron chi connectivity index (χ2n) is 9.27. The predicted octanol–water partition coefficient (Wildman–Crippen LogP) is 2.59. The molecule has 1 fully saturated rings. The smallest absolute Gasteiger partial charge is 0.269 e. The first kappa shape index (κ1) is 26.1. The zero-order valence-electron chi connectivity index (χ0n) is 21.2. The van der Waals surface area contributed by atoms with Crippen LogP contribution in [0.5, 0.6) is 11.8 Å². The van der Waals surface area contributed by atoms with Crippen LogP contribution in [0, 0.1) is 5.92 Å². The second-order valence-corrected chi connectivity index (χ2v) is 10.9. The number of H-pyrrole nitrogens is 1. The highest BCUT2D eigenvalue weighted by atomic mass is 32.2. The van der Waals surface area contributed by atoms with Crippen LogP contribution in [0.15, 0.2) is 52.3 Å². The van der Waals surface area contributed by atoms with Crippen molar-refractivity contribution in [3.63, 3.8) is 0 Å². The van der Waals surface area contributed by atoms with Gasteiger partial charge in [0, 0.05) is 24.3 Å². The fraction of sp³-hybridized carbons (Fsp3) is 0.360. The van der Waals surface area contributed by atoms with Gasteiger partial charge < -0.3 is 19.4 Å². The van der Waals surface area contributed by atoms with Gasteiger partial charge in [-0.15, -0.1) is 0 Å². The molecule has 1 unspecified atom stereocenters. The molecule has 3 aromatic heterocycles. The highest BCUT2D eigenvalue weighted by Crippen LogP contribution is 2.40. The summed E-state index contributed by atoms with van der Waals surface area (Å²) in [6, 6.07) is 9.03. The van der Waals surface area contributed by atoms with E-state index in [0.29, 0.717) is 29.5 Å². The lowest BCUT2D eigenvalue weighted by Gasteiger charge is -2.36. The molecular formula is C25H29N5O6S. The Balaban J connectivity index is 1.82. The molecule has 0 bridgehead atoms. The molecule has 4 rings (SSSR count). The number of amides is 1. The summed E-state index contributed by atoms with van der Waals surface area (Å²) in [7, 11) is -1.45.